The highest BCUT2D eigenvalue weighted by Crippen LogP contribution is 2.29. The molecule has 2 aromatic rings. The second-order valence-corrected chi connectivity index (χ2v) is 7.83. The molecule has 3 atom stereocenters. The summed E-state index contributed by atoms with van der Waals surface area (Å²) in [7, 11) is 1.63. The van der Waals surface area contributed by atoms with Crippen LogP contribution in [0.3, 0.4) is 0 Å². The molecule has 4 rings (SSSR count). The third-order valence-corrected chi connectivity index (χ3v) is 6.08. The van der Waals surface area contributed by atoms with E-state index in [9.17, 15) is 19.1 Å². The molecule has 1 aliphatic carbocycles. The third-order valence-electron chi connectivity index (χ3n) is 6.08. The van der Waals surface area contributed by atoms with E-state index in [1.165, 1.54) is 15.6 Å². The molecule has 0 spiro atoms. The van der Waals surface area contributed by atoms with Gasteiger partial charge in [0.05, 0.1) is 24.4 Å². The lowest BCUT2D eigenvalue weighted by Gasteiger charge is -2.35. The van der Waals surface area contributed by atoms with Crippen molar-refractivity contribution in [1.82, 2.24) is 30.1 Å². The smallest absolute Gasteiger partial charge is 0.276 e. The summed E-state index contributed by atoms with van der Waals surface area (Å²) in [5, 5.41) is 21.6. The number of para-hydroxylation sites is 1. The van der Waals surface area contributed by atoms with Crippen molar-refractivity contribution in [2.75, 3.05) is 26.7 Å². The number of nitrogens with one attached hydrogen (secondary N) is 1. The maximum absolute atomic E-state index is 14.1. The Morgan fingerprint density at radius 2 is 2.10 bits per heavy atom. The minimum absolute atomic E-state index is 0.0540. The summed E-state index contributed by atoms with van der Waals surface area (Å²) in [6, 6.07) is 5.57. The van der Waals surface area contributed by atoms with Gasteiger partial charge in [0.15, 0.2) is 5.69 Å². The molecule has 0 radical (unpaired) electrons. The Morgan fingerprint density at radius 3 is 2.83 bits per heavy atom. The second kappa shape index (κ2) is 8.11. The van der Waals surface area contributed by atoms with Crippen molar-refractivity contribution in [3.05, 3.63) is 41.5 Å². The molecule has 1 aliphatic heterocycles. The Labute approximate surface area is 173 Å². The first-order valence-electron chi connectivity index (χ1n) is 10.0. The first kappa shape index (κ1) is 20.4. The average molecular weight is 416 g/mol. The summed E-state index contributed by atoms with van der Waals surface area (Å²) in [6.45, 7) is 3.14. The Balaban J connectivity index is 1.50. The molecule has 30 heavy (non-hydrogen) atoms. The van der Waals surface area contributed by atoms with Crippen LogP contribution in [-0.4, -0.2) is 86.6 Å². The monoisotopic (exact) mass is 416 g/mol. The standard InChI is InChI=1S/C20H25FN6O3/c1-12-18(23-24-27(12)14-6-4-3-5-13(14)21)20(30)25(2)15-7-8-16(19(15)29)26-10-9-22-17(28)11-26/h3-6,15-16,19,29H,7-11H2,1-2H3,(H,22,28)/t15-,16-,19-/m1/s1. The van der Waals surface area contributed by atoms with Crippen LogP contribution in [0.4, 0.5) is 4.39 Å². The van der Waals surface area contributed by atoms with E-state index in [0.717, 1.165) is 0 Å². The van der Waals surface area contributed by atoms with Gasteiger partial charge in [0, 0.05) is 26.2 Å². The van der Waals surface area contributed by atoms with Crippen LogP contribution in [0.15, 0.2) is 24.3 Å². The van der Waals surface area contributed by atoms with Crippen LogP contribution < -0.4 is 5.32 Å². The maximum atomic E-state index is 14.1. The summed E-state index contributed by atoms with van der Waals surface area (Å²) < 4.78 is 15.4. The molecule has 1 saturated carbocycles. The highest BCUT2D eigenvalue weighted by Gasteiger charge is 2.43. The number of rotatable bonds is 4. The quantitative estimate of drug-likeness (QED) is 0.733. The molecule has 2 fully saturated rings. The van der Waals surface area contributed by atoms with Crippen LogP contribution in [0.25, 0.3) is 5.69 Å². The SMILES string of the molecule is Cc1c(C(=O)N(C)[C@@H]2CC[C@@H](N3CCNC(=O)C3)[C@@H]2O)nnn1-c1ccccc1F. The molecular formula is C20H25FN6O3. The van der Waals surface area contributed by atoms with E-state index in [0.29, 0.717) is 31.6 Å². The predicted molar refractivity (Wildman–Crippen MR) is 106 cm³/mol. The van der Waals surface area contributed by atoms with Crippen LogP contribution >= 0.6 is 0 Å². The molecule has 9 nitrogen and oxygen atoms in total. The van der Waals surface area contributed by atoms with Gasteiger partial charge in [0.25, 0.3) is 5.91 Å². The minimum atomic E-state index is -0.772. The zero-order chi connectivity index (χ0) is 21.4. The van der Waals surface area contributed by atoms with Crippen molar-refractivity contribution in [2.24, 2.45) is 0 Å². The van der Waals surface area contributed by atoms with E-state index in [2.05, 4.69) is 15.6 Å². The number of aliphatic hydroxyl groups is 1. The van der Waals surface area contributed by atoms with Crippen molar-refractivity contribution in [3.63, 3.8) is 0 Å². The first-order chi connectivity index (χ1) is 14.4. The lowest BCUT2D eigenvalue weighted by atomic mass is 10.1. The summed E-state index contributed by atoms with van der Waals surface area (Å²) in [4.78, 5) is 28.2. The number of carbonyl (C=O) groups excluding carboxylic acids is 2. The molecule has 0 unspecified atom stereocenters. The minimum Gasteiger partial charge on any atom is -0.389 e. The van der Waals surface area contributed by atoms with Gasteiger partial charge in [0.1, 0.15) is 11.5 Å². The molecule has 160 valence electrons. The number of hydrogen-bond acceptors (Lipinski definition) is 6. The molecule has 2 heterocycles. The molecule has 2 aliphatic rings. The van der Waals surface area contributed by atoms with Crippen LogP contribution in [-0.2, 0) is 4.79 Å². The van der Waals surface area contributed by atoms with Gasteiger partial charge in [-0.05, 0) is 31.9 Å². The van der Waals surface area contributed by atoms with Gasteiger partial charge in [-0.2, -0.15) is 0 Å². The number of amides is 2. The van der Waals surface area contributed by atoms with E-state index < -0.39 is 18.0 Å². The summed E-state index contributed by atoms with van der Waals surface area (Å²) in [5.41, 5.74) is 0.760. The predicted octanol–water partition coefficient (Wildman–Crippen LogP) is 0.111. The van der Waals surface area contributed by atoms with Crippen molar-refractivity contribution in [2.45, 2.75) is 38.0 Å². The fourth-order valence-electron chi connectivity index (χ4n) is 4.40. The lowest BCUT2D eigenvalue weighted by Crippen LogP contribution is -2.55. The number of carbonyl (C=O) groups is 2. The number of halogens is 1. The van der Waals surface area contributed by atoms with Gasteiger partial charge in [-0.1, -0.05) is 17.3 Å². The van der Waals surface area contributed by atoms with Crippen molar-refractivity contribution >= 4 is 11.8 Å². The number of piperazine rings is 1. The molecule has 1 aromatic carbocycles. The number of aromatic nitrogens is 3. The molecule has 2 N–H and O–H groups in total. The summed E-state index contributed by atoms with van der Waals surface area (Å²) in [5.74, 6) is -0.893. The maximum Gasteiger partial charge on any atom is 0.276 e. The Bertz CT molecular complexity index is 964. The molecular weight excluding hydrogens is 391 g/mol. The topological polar surface area (TPSA) is 104 Å². The molecule has 10 heteroatoms. The average Bonchev–Trinajstić information content (AvgIpc) is 3.30. The number of nitrogens with zero attached hydrogens (tertiary/aromatic N) is 5. The van der Waals surface area contributed by atoms with Crippen LogP contribution in [0.2, 0.25) is 0 Å². The molecule has 1 saturated heterocycles. The van der Waals surface area contributed by atoms with Crippen LogP contribution in [0, 0.1) is 12.7 Å². The van der Waals surface area contributed by atoms with E-state index in [1.54, 1.807) is 32.2 Å². The molecule has 2 amide bonds. The second-order valence-electron chi connectivity index (χ2n) is 7.83. The highest BCUT2D eigenvalue weighted by molar-refractivity contribution is 5.93. The van der Waals surface area contributed by atoms with Crippen molar-refractivity contribution in [3.8, 4) is 5.69 Å². The summed E-state index contributed by atoms with van der Waals surface area (Å²) in [6.07, 6.45) is 0.538. The van der Waals surface area contributed by atoms with Crippen LogP contribution in [0.1, 0.15) is 29.0 Å². The van der Waals surface area contributed by atoms with E-state index in [4.69, 9.17) is 0 Å². The van der Waals surface area contributed by atoms with E-state index >= 15 is 0 Å². The van der Waals surface area contributed by atoms with Gasteiger partial charge in [0.2, 0.25) is 5.91 Å². The summed E-state index contributed by atoms with van der Waals surface area (Å²) >= 11 is 0. The van der Waals surface area contributed by atoms with Gasteiger partial charge < -0.3 is 15.3 Å². The largest absolute Gasteiger partial charge is 0.389 e. The number of aliphatic hydroxyl groups excluding tert-OH is 1. The van der Waals surface area contributed by atoms with Gasteiger partial charge in [-0.3, -0.25) is 14.5 Å². The number of hydrogen-bond donors (Lipinski definition) is 2. The fourth-order valence-corrected chi connectivity index (χ4v) is 4.40. The molecule has 1 aromatic heterocycles. The number of benzene rings is 1. The normalized spacial score (nSPS) is 24.7. The van der Waals surface area contributed by atoms with E-state index in [-0.39, 0.29) is 35.8 Å². The Kier molecular flexibility index (Phi) is 5.52. The van der Waals surface area contributed by atoms with E-state index in [1.807, 2.05) is 4.90 Å². The zero-order valence-corrected chi connectivity index (χ0v) is 17.0. The Hall–Kier alpha value is -2.85. The molecule has 0 bridgehead atoms. The van der Waals surface area contributed by atoms with Crippen LogP contribution in [0.5, 0.6) is 0 Å². The van der Waals surface area contributed by atoms with Gasteiger partial charge in [-0.25, -0.2) is 9.07 Å². The van der Waals surface area contributed by atoms with Gasteiger partial charge in [-0.15, -0.1) is 5.10 Å². The zero-order valence-electron chi connectivity index (χ0n) is 17.0. The van der Waals surface area contributed by atoms with Gasteiger partial charge >= 0.3 is 0 Å². The number of likely N-dealkylation sites (N-methyl/N-ethyl adjacent to an activating group) is 1. The van der Waals surface area contributed by atoms with Crippen molar-refractivity contribution in [1.29, 1.82) is 0 Å². The highest BCUT2D eigenvalue weighted by atomic mass is 19.1. The van der Waals surface area contributed by atoms with Crippen molar-refractivity contribution < 1.29 is 19.1 Å². The fraction of sp³-hybridized carbons (Fsp3) is 0.500. The third kappa shape index (κ3) is 3.56. The lowest BCUT2D eigenvalue weighted by molar-refractivity contribution is -0.125. The first-order valence-corrected chi connectivity index (χ1v) is 10.0. The Morgan fingerprint density at radius 1 is 1.33 bits per heavy atom.